The summed E-state index contributed by atoms with van der Waals surface area (Å²) < 4.78 is 5.18. The van der Waals surface area contributed by atoms with Gasteiger partial charge >= 0.3 is 0 Å². The number of benzene rings is 1. The molecule has 0 aromatic heterocycles. The topological polar surface area (TPSA) is 9.23 Å². The van der Waals surface area contributed by atoms with Crippen LogP contribution >= 0.6 is 0 Å². The Balaban J connectivity index is 3.02. The number of hydrogen-bond acceptors (Lipinski definition) is 1. The minimum atomic E-state index is 0.478. The number of ether oxygens (including phenoxy) is 1. The van der Waals surface area contributed by atoms with Gasteiger partial charge in [-0.2, -0.15) is 0 Å². The SMILES string of the molecule is COc1ccc[c]c1C(C)C. The van der Waals surface area contributed by atoms with Gasteiger partial charge in [0.1, 0.15) is 5.75 Å². The molecule has 0 aliphatic carbocycles. The number of rotatable bonds is 2. The van der Waals surface area contributed by atoms with E-state index in [0.717, 1.165) is 11.3 Å². The first-order valence-corrected chi connectivity index (χ1v) is 3.80. The van der Waals surface area contributed by atoms with Crippen molar-refractivity contribution in [3.63, 3.8) is 0 Å². The molecule has 1 heteroatoms. The predicted octanol–water partition coefficient (Wildman–Crippen LogP) is 2.62. The molecule has 1 nitrogen and oxygen atoms in total. The summed E-state index contributed by atoms with van der Waals surface area (Å²) in [4.78, 5) is 0. The van der Waals surface area contributed by atoms with Gasteiger partial charge in [0, 0.05) is 5.56 Å². The van der Waals surface area contributed by atoms with Crippen molar-refractivity contribution < 1.29 is 4.74 Å². The summed E-state index contributed by atoms with van der Waals surface area (Å²) in [5.41, 5.74) is 1.15. The van der Waals surface area contributed by atoms with Gasteiger partial charge < -0.3 is 4.74 Å². The van der Waals surface area contributed by atoms with Gasteiger partial charge in [-0.1, -0.05) is 26.0 Å². The summed E-state index contributed by atoms with van der Waals surface area (Å²) in [6, 6.07) is 8.98. The fraction of sp³-hybridized carbons (Fsp3) is 0.400. The lowest BCUT2D eigenvalue weighted by Crippen LogP contribution is -1.93. The summed E-state index contributed by atoms with van der Waals surface area (Å²) in [7, 11) is 1.69. The molecule has 59 valence electrons. The van der Waals surface area contributed by atoms with E-state index in [4.69, 9.17) is 4.74 Å². The average molecular weight is 149 g/mol. The summed E-state index contributed by atoms with van der Waals surface area (Å²) in [6.07, 6.45) is 0. The molecule has 1 aromatic rings. The lowest BCUT2D eigenvalue weighted by Gasteiger charge is -2.09. The van der Waals surface area contributed by atoms with Crippen LogP contribution in [0.5, 0.6) is 5.75 Å². The van der Waals surface area contributed by atoms with Crippen LogP contribution in [0, 0.1) is 6.07 Å². The minimum absolute atomic E-state index is 0.478. The molecule has 1 radical (unpaired) electrons. The van der Waals surface area contributed by atoms with Crippen molar-refractivity contribution in [2.24, 2.45) is 0 Å². The number of hydrogen-bond donors (Lipinski definition) is 0. The van der Waals surface area contributed by atoms with Crippen LogP contribution in [0.1, 0.15) is 25.3 Å². The first kappa shape index (κ1) is 8.12. The average Bonchev–Trinajstić information content (AvgIpc) is 2.04. The molecule has 0 fully saturated rings. The van der Waals surface area contributed by atoms with E-state index in [9.17, 15) is 0 Å². The highest BCUT2D eigenvalue weighted by Gasteiger charge is 2.04. The molecule has 0 aliphatic heterocycles. The Morgan fingerprint density at radius 2 is 2.18 bits per heavy atom. The van der Waals surface area contributed by atoms with Crippen LogP contribution in [0.4, 0.5) is 0 Å². The molecule has 0 aliphatic rings. The zero-order valence-corrected chi connectivity index (χ0v) is 7.22. The largest absolute Gasteiger partial charge is 0.496 e. The normalized spacial score (nSPS) is 10.2. The van der Waals surface area contributed by atoms with E-state index in [-0.39, 0.29) is 0 Å². The maximum Gasteiger partial charge on any atom is 0.122 e. The van der Waals surface area contributed by atoms with Crippen LogP contribution in [-0.2, 0) is 0 Å². The van der Waals surface area contributed by atoms with Crippen LogP contribution in [0.25, 0.3) is 0 Å². The van der Waals surface area contributed by atoms with Crippen LogP contribution < -0.4 is 4.74 Å². The maximum absolute atomic E-state index is 5.18. The van der Waals surface area contributed by atoms with E-state index in [2.05, 4.69) is 19.9 Å². The third-order valence-corrected chi connectivity index (χ3v) is 1.65. The smallest absolute Gasteiger partial charge is 0.122 e. The van der Waals surface area contributed by atoms with Gasteiger partial charge in [-0.25, -0.2) is 0 Å². The van der Waals surface area contributed by atoms with Crippen molar-refractivity contribution in [3.8, 4) is 5.75 Å². The molecule has 0 spiro atoms. The second-order valence-electron chi connectivity index (χ2n) is 2.81. The van der Waals surface area contributed by atoms with Crippen LogP contribution in [0.3, 0.4) is 0 Å². The first-order chi connectivity index (χ1) is 5.25. The van der Waals surface area contributed by atoms with Gasteiger partial charge in [-0.3, -0.25) is 0 Å². The fourth-order valence-electron chi connectivity index (χ4n) is 1.06. The lowest BCUT2D eigenvalue weighted by molar-refractivity contribution is 0.407. The Labute approximate surface area is 68.0 Å². The predicted molar refractivity (Wildman–Crippen MR) is 45.9 cm³/mol. The van der Waals surface area contributed by atoms with E-state index in [1.165, 1.54) is 0 Å². The summed E-state index contributed by atoms with van der Waals surface area (Å²) in [6.45, 7) is 4.27. The molecule has 0 saturated carbocycles. The molecule has 1 rings (SSSR count). The van der Waals surface area contributed by atoms with E-state index < -0.39 is 0 Å². The lowest BCUT2D eigenvalue weighted by atomic mass is 10.0. The highest BCUT2D eigenvalue weighted by Crippen LogP contribution is 2.24. The van der Waals surface area contributed by atoms with Gasteiger partial charge in [0.25, 0.3) is 0 Å². The van der Waals surface area contributed by atoms with Crippen molar-refractivity contribution in [3.05, 3.63) is 29.8 Å². The third-order valence-electron chi connectivity index (χ3n) is 1.65. The molecular weight excluding hydrogens is 136 g/mol. The second-order valence-corrected chi connectivity index (χ2v) is 2.81. The molecule has 0 unspecified atom stereocenters. The van der Waals surface area contributed by atoms with E-state index in [1.54, 1.807) is 7.11 Å². The van der Waals surface area contributed by atoms with Crippen LogP contribution in [-0.4, -0.2) is 7.11 Å². The van der Waals surface area contributed by atoms with Crippen molar-refractivity contribution in [2.45, 2.75) is 19.8 Å². The maximum atomic E-state index is 5.18. The Morgan fingerprint density at radius 3 is 2.64 bits per heavy atom. The molecular formula is C10H13O. The highest BCUT2D eigenvalue weighted by atomic mass is 16.5. The summed E-state index contributed by atoms with van der Waals surface area (Å²) in [5.74, 6) is 1.41. The first-order valence-electron chi connectivity index (χ1n) is 3.80. The molecule has 0 bridgehead atoms. The Kier molecular flexibility index (Phi) is 2.53. The van der Waals surface area contributed by atoms with Crippen molar-refractivity contribution in [2.75, 3.05) is 7.11 Å². The standard InChI is InChI=1S/C10H13O/c1-8(2)9-6-4-5-7-10(9)11-3/h4-5,7-8H,1-3H3. The molecule has 1 aromatic carbocycles. The van der Waals surface area contributed by atoms with Crippen LogP contribution in [0.2, 0.25) is 0 Å². The summed E-state index contributed by atoms with van der Waals surface area (Å²) in [5, 5.41) is 0. The third kappa shape index (κ3) is 1.73. The van der Waals surface area contributed by atoms with Crippen LogP contribution in [0.15, 0.2) is 18.2 Å². The van der Waals surface area contributed by atoms with Crippen molar-refractivity contribution in [1.82, 2.24) is 0 Å². The van der Waals surface area contributed by atoms with Crippen molar-refractivity contribution in [1.29, 1.82) is 0 Å². The number of methoxy groups -OCH3 is 1. The molecule has 0 amide bonds. The zero-order valence-electron chi connectivity index (χ0n) is 7.22. The molecule has 0 N–H and O–H groups in total. The van der Waals surface area contributed by atoms with E-state index >= 15 is 0 Å². The van der Waals surface area contributed by atoms with Gasteiger partial charge in [0.2, 0.25) is 0 Å². The Hall–Kier alpha value is -0.980. The quantitative estimate of drug-likeness (QED) is 0.628. The highest BCUT2D eigenvalue weighted by molar-refractivity contribution is 5.34. The molecule has 0 saturated heterocycles. The Morgan fingerprint density at radius 1 is 1.45 bits per heavy atom. The Bertz CT molecular complexity index is 228. The van der Waals surface area contributed by atoms with Gasteiger partial charge in [-0.05, 0) is 18.1 Å². The van der Waals surface area contributed by atoms with Crippen molar-refractivity contribution >= 4 is 0 Å². The zero-order chi connectivity index (χ0) is 8.27. The van der Waals surface area contributed by atoms with Gasteiger partial charge in [-0.15, -0.1) is 0 Å². The van der Waals surface area contributed by atoms with Gasteiger partial charge in [0.15, 0.2) is 0 Å². The van der Waals surface area contributed by atoms with E-state index in [0.29, 0.717) is 5.92 Å². The second kappa shape index (κ2) is 3.42. The minimum Gasteiger partial charge on any atom is -0.496 e. The fourth-order valence-corrected chi connectivity index (χ4v) is 1.06. The summed E-state index contributed by atoms with van der Waals surface area (Å²) >= 11 is 0. The monoisotopic (exact) mass is 149 g/mol. The van der Waals surface area contributed by atoms with E-state index in [1.807, 2.05) is 18.2 Å². The van der Waals surface area contributed by atoms with Gasteiger partial charge in [0.05, 0.1) is 7.11 Å². The molecule has 0 heterocycles. The molecule has 11 heavy (non-hydrogen) atoms. The molecule has 0 atom stereocenters.